The number of nitrogens with zero attached hydrogens (tertiary/aromatic N) is 1. The Morgan fingerprint density at radius 1 is 1.35 bits per heavy atom. The third-order valence-corrected chi connectivity index (χ3v) is 4.30. The third kappa shape index (κ3) is 3.30. The molecule has 2 N–H and O–H groups in total. The van der Waals surface area contributed by atoms with Crippen molar-refractivity contribution in [2.45, 2.75) is 52.9 Å². The molecule has 0 aromatic carbocycles. The molecule has 1 aromatic heterocycles. The average molecular weight is 276 g/mol. The number of carboxylic acid groups (broad SMARTS) is 1. The molecule has 0 unspecified atom stereocenters. The monoisotopic (exact) mass is 276 g/mol. The number of hydrogen-bond acceptors (Lipinski definition) is 3. The molecule has 1 aromatic rings. The van der Waals surface area contributed by atoms with E-state index in [4.69, 9.17) is 0 Å². The van der Waals surface area contributed by atoms with Crippen molar-refractivity contribution in [2.75, 3.05) is 11.9 Å². The highest BCUT2D eigenvalue weighted by Gasteiger charge is 2.27. The first-order chi connectivity index (χ1) is 9.41. The fourth-order valence-corrected chi connectivity index (χ4v) is 3.11. The molecule has 2 rings (SSSR count). The largest absolute Gasteiger partial charge is 0.478 e. The summed E-state index contributed by atoms with van der Waals surface area (Å²) in [6.07, 6.45) is 6.26. The van der Waals surface area contributed by atoms with Gasteiger partial charge in [0.25, 0.3) is 0 Å². The number of aryl methyl sites for hydroxylation is 2. The van der Waals surface area contributed by atoms with E-state index < -0.39 is 5.97 Å². The smallest absolute Gasteiger partial charge is 0.339 e. The number of carbonyl (C=O) groups is 1. The van der Waals surface area contributed by atoms with Crippen LogP contribution in [0.5, 0.6) is 0 Å². The summed E-state index contributed by atoms with van der Waals surface area (Å²) in [5, 5.41) is 12.7. The summed E-state index contributed by atoms with van der Waals surface area (Å²) in [5.41, 5.74) is 2.17. The normalized spacial score (nSPS) is 17.8. The molecule has 4 heteroatoms. The van der Waals surface area contributed by atoms with Crippen LogP contribution in [0.15, 0.2) is 6.07 Å². The van der Waals surface area contributed by atoms with Crippen LogP contribution in [0.3, 0.4) is 0 Å². The van der Waals surface area contributed by atoms with Crippen molar-refractivity contribution in [3.05, 3.63) is 22.9 Å². The van der Waals surface area contributed by atoms with Crippen LogP contribution >= 0.6 is 0 Å². The van der Waals surface area contributed by atoms with Gasteiger partial charge < -0.3 is 10.4 Å². The number of hydrogen-bond donors (Lipinski definition) is 2. The van der Waals surface area contributed by atoms with Gasteiger partial charge in [-0.15, -0.1) is 0 Å². The molecule has 1 saturated carbocycles. The van der Waals surface area contributed by atoms with Gasteiger partial charge in [0.2, 0.25) is 0 Å². The van der Waals surface area contributed by atoms with Crippen LogP contribution in [0.2, 0.25) is 0 Å². The fourth-order valence-electron chi connectivity index (χ4n) is 3.11. The van der Waals surface area contributed by atoms with E-state index in [1.54, 1.807) is 0 Å². The topological polar surface area (TPSA) is 62.2 Å². The minimum absolute atomic E-state index is 0.257. The van der Waals surface area contributed by atoms with Crippen molar-refractivity contribution < 1.29 is 9.90 Å². The van der Waals surface area contributed by atoms with Gasteiger partial charge in [0, 0.05) is 12.2 Å². The van der Waals surface area contributed by atoms with E-state index in [0.717, 1.165) is 17.8 Å². The Kier molecular flexibility index (Phi) is 4.31. The standard InChI is InChI=1S/C16H24N2O2/c1-11-9-12(2)18-14(13(11)15(19)20)17-10-16(3)7-5-4-6-8-16/h9H,4-8,10H2,1-3H3,(H,17,18)(H,19,20). The molecular formula is C16H24N2O2. The Hall–Kier alpha value is -1.58. The van der Waals surface area contributed by atoms with Crippen molar-refractivity contribution in [1.82, 2.24) is 4.98 Å². The van der Waals surface area contributed by atoms with Gasteiger partial charge in [-0.2, -0.15) is 0 Å². The van der Waals surface area contributed by atoms with Crippen molar-refractivity contribution in [3.63, 3.8) is 0 Å². The van der Waals surface area contributed by atoms with Crippen molar-refractivity contribution in [2.24, 2.45) is 5.41 Å². The average Bonchev–Trinajstić information content (AvgIpc) is 2.36. The van der Waals surface area contributed by atoms with Crippen molar-refractivity contribution >= 4 is 11.8 Å². The van der Waals surface area contributed by atoms with Gasteiger partial charge in [-0.1, -0.05) is 26.2 Å². The van der Waals surface area contributed by atoms with Crippen molar-refractivity contribution in [3.8, 4) is 0 Å². The quantitative estimate of drug-likeness (QED) is 0.878. The molecule has 0 radical (unpaired) electrons. The third-order valence-electron chi connectivity index (χ3n) is 4.30. The molecule has 1 fully saturated rings. The molecule has 0 aliphatic heterocycles. The first-order valence-electron chi connectivity index (χ1n) is 7.37. The summed E-state index contributed by atoms with van der Waals surface area (Å²) < 4.78 is 0. The van der Waals surface area contributed by atoms with E-state index >= 15 is 0 Å². The number of anilines is 1. The predicted molar refractivity (Wildman–Crippen MR) is 80.4 cm³/mol. The Morgan fingerprint density at radius 2 is 2.00 bits per heavy atom. The zero-order valence-corrected chi connectivity index (χ0v) is 12.6. The Bertz CT molecular complexity index is 505. The highest BCUT2D eigenvalue weighted by molar-refractivity contribution is 5.94. The number of carboxylic acids is 1. The second-order valence-electron chi connectivity index (χ2n) is 6.33. The lowest BCUT2D eigenvalue weighted by atomic mass is 9.76. The second-order valence-corrected chi connectivity index (χ2v) is 6.33. The molecular weight excluding hydrogens is 252 g/mol. The summed E-state index contributed by atoms with van der Waals surface area (Å²) in [6.45, 7) is 6.79. The Labute approximate surface area is 120 Å². The van der Waals surface area contributed by atoms with E-state index in [9.17, 15) is 9.90 Å². The fraction of sp³-hybridized carbons (Fsp3) is 0.625. The van der Waals surface area contributed by atoms with E-state index in [2.05, 4.69) is 17.2 Å². The maximum Gasteiger partial charge on any atom is 0.339 e. The Balaban J connectivity index is 2.18. The van der Waals surface area contributed by atoms with Crippen LogP contribution < -0.4 is 5.32 Å². The molecule has 4 nitrogen and oxygen atoms in total. The molecule has 0 bridgehead atoms. The van der Waals surface area contributed by atoms with Gasteiger partial charge in [0.1, 0.15) is 11.4 Å². The summed E-state index contributed by atoms with van der Waals surface area (Å²) in [4.78, 5) is 15.8. The lowest BCUT2D eigenvalue weighted by molar-refractivity contribution is 0.0696. The number of pyridine rings is 1. The van der Waals surface area contributed by atoms with Gasteiger partial charge in [0.05, 0.1) is 0 Å². The van der Waals surface area contributed by atoms with Crippen LogP contribution in [-0.4, -0.2) is 22.6 Å². The summed E-state index contributed by atoms with van der Waals surface area (Å²) in [6, 6.07) is 1.82. The van der Waals surface area contributed by atoms with Crippen LogP contribution in [0, 0.1) is 19.3 Å². The highest BCUT2D eigenvalue weighted by Crippen LogP contribution is 2.36. The van der Waals surface area contributed by atoms with E-state index in [-0.39, 0.29) is 5.41 Å². The maximum absolute atomic E-state index is 11.4. The van der Waals surface area contributed by atoms with Crippen LogP contribution in [0.1, 0.15) is 60.6 Å². The zero-order valence-electron chi connectivity index (χ0n) is 12.6. The predicted octanol–water partition coefficient (Wildman–Crippen LogP) is 3.78. The number of nitrogens with one attached hydrogen (secondary N) is 1. The van der Waals surface area contributed by atoms with E-state index in [0.29, 0.717) is 11.4 Å². The van der Waals surface area contributed by atoms with Crippen LogP contribution in [-0.2, 0) is 0 Å². The van der Waals surface area contributed by atoms with E-state index in [1.165, 1.54) is 32.1 Å². The molecule has 110 valence electrons. The zero-order chi connectivity index (χ0) is 14.8. The van der Waals surface area contributed by atoms with Gasteiger partial charge >= 0.3 is 5.97 Å². The lowest BCUT2D eigenvalue weighted by Crippen LogP contribution is -2.29. The summed E-state index contributed by atoms with van der Waals surface area (Å²) in [5.74, 6) is -0.395. The molecule has 1 heterocycles. The van der Waals surface area contributed by atoms with Crippen LogP contribution in [0.4, 0.5) is 5.82 Å². The van der Waals surface area contributed by atoms with Crippen molar-refractivity contribution in [1.29, 1.82) is 0 Å². The van der Waals surface area contributed by atoms with Gasteiger partial charge in [-0.05, 0) is 43.7 Å². The molecule has 1 aliphatic rings. The molecule has 20 heavy (non-hydrogen) atoms. The molecule has 0 atom stereocenters. The molecule has 0 saturated heterocycles. The maximum atomic E-state index is 11.4. The summed E-state index contributed by atoms with van der Waals surface area (Å²) in [7, 11) is 0. The number of aromatic carboxylic acids is 1. The van der Waals surface area contributed by atoms with E-state index in [1.807, 2.05) is 19.9 Å². The number of rotatable bonds is 4. The summed E-state index contributed by atoms with van der Waals surface area (Å²) >= 11 is 0. The van der Waals surface area contributed by atoms with Crippen LogP contribution in [0.25, 0.3) is 0 Å². The number of aromatic nitrogens is 1. The molecule has 1 aliphatic carbocycles. The Morgan fingerprint density at radius 3 is 2.60 bits per heavy atom. The lowest BCUT2D eigenvalue weighted by Gasteiger charge is -2.34. The van der Waals surface area contributed by atoms with Gasteiger partial charge in [-0.3, -0.25) is 0 Å². The SMILES string of the molecule is Cc1cc(C)c(C(=O)O)c(NCC2(C)CCCCC2)n1. The molecule has 0 amide bonds. The van der Waals surface area contributed by atoms with Gasteiger partial charge in [-0.25, -0.2) is 9.78 Å². The second kappa shape index (κ2) is 5.81. The first-order valence-corrected chi connectivity index (χ1v) is 7.37. The first kappa shape index (κ1) is 14.8. The molecule has 0 spiro atoms. The van der Waals surface area contributed by atoms with Gasteiger partial charge in [0.15, 0.2) is 0 Å². The minimum atomic E-state index is -0.911. The highest BCUT2D eigenvalue weighted by atomic mass is 16.4. The minimum Gasteiger partial charge on any atom is -0.478 e.